The minimum Gasteiger partial charge on any atom is -0.497 e. The number of benzene rings is 2. The van der Waals surface area contributed by atoms with Gasteiger partial charge in [-0.1, -0.05) is 30.8 Å². The second kappa shape index (κ2) is 11.4. The molecule has 7 nitrogen and oxygen atoms in total. The lowest BCUT2D eigenvalue weighted by Gasteiger charge is -2.15. The molecular weight excluding hydrogens is 426 g/mol. The van der Waals surface area contributed by atoms with Gasteiger partial charge >= 0.3 is 5.97 Å². The molecule has 0 spiro atoms. The van der Waals surface area contributed by atoms with Crippen molar-refractivity contribution in [3.8, 4) is 5.75 Å². The van der Waals surface area contributed by atoms with Gasteiger partial charge in [0.05, 0.1) is 41.8 Å². The molecule has 32 heavy (non-hydrogen) atoms. The van der Waals surface area contributed by atoms with Crippen LogP contribution in [0.5, 0.6) is 5.75 Å². The van der Waals surface area contributed by atoms with Gasteiger partial charge in [0, 0.05) is 11.4 Å². The van der Waals surface area contributed by atoms with Crippen molar-refractivity contribution in [2.75, 3.05) is 24.4 Å². The maximum Gasteiger partial charge on any atom is 0.311 e. The molecule has 1 aliphatic rings. The molecule has 0 unspecified atom stereocenters. The predicted molar refractivity (Wildman–Crippen MR) is 130 cm³/mol. The molecule has 0 radical (unpaired) electrons. The number of methoxy groups -OCH3 is 1. The molecule has 2 aromatic rings. The van der Waals surface area contributed by atoms with E-state index in [1.54, 1.807) is 38.3 Å². The minimum atomic E-state index is -0.360. The van der Waals surface area contributed by atoms with Crippen LogP contribution in [0.2, 0.25) is 0 Å². The average Bonchev–Trinajstić information content (AvgIpc) is 2.96. The Morgan fingerprint density at radius 2 is 1.88 bits per heavy atom. The maximum absolute atomic E-state index is 12.9. The van der Waals surface area contributed by atoms with Gasteiger partial charge in [-0.2, -0.15) is 0 Å². The van der Waals surface area contributed by atoms with Crippen molar-refractivity contribution in [1.82, 2.24) is 0 Å². The summed E-state index contributed by atoms with van der Waals surface area (Å²) in [5.74, 6) is 0.290. The largest absolute Gasteiger partial charge is 0.497 e. The molecular formula is C24H27N3O4S. The first-order valence-corrected chi connectivity index (χ1v) is 11.3. The van der Waals surface area contributed by atoms with E-state index in [0.29, 0.717) is 29.5 Å². The summed E-state index contributed by atoms with van der Waals surface area (Å²) in [6.45, 7) is 4.05. The van der Waals surface area contributed by atoms with Crippen LogP contribution in [0.1, 0.15) is 26.7 Å². The number of rotatable bonds is 8. The van der Waals surface area contributed by atoms with Crippen molar-refractivity contribution >= 4 is 45.7 Å². The number of amides is 1. The number of thioether (sulfide) groups is 1. The highest BCUT2D eigenvalue weighted by atomic mass is 32.2. The molecule has 0 bridgehead atoms. The van der Waals surface area contributed by atoms with Crippen LogP contribution in [0.4, 0.5) is 17.1 Å². The van der Waals surface area contributed by atoms with Gasteiger partial charge in [0.15, 0.2) is 0 Å². The number of fused-ring (bicyclic) bond motifs is 1. The molecule has 0 fully saturated rings. The SMILES string of the molecule is CCOC(=O)CC1=CC(S[C@@H](CC)C(=O)Nc2ccc(OC)cc2)=Nc2ccccc2N1. The van der Waals surface area contributed by atoms with E-state index in [4.69, 9.17) is 14.5 Å². The summed E-state index contributed by atoms with van der Waals surface area (Å²) in [7, 11) is 1.60. The zero-order valence-electron chi connectivity index (χ0n) is 18.4. The Labute approximate surface area is 192 Å². The summed E-state index contributed by atoms with van der Waals surface area (Å²) in [6, 6.07) is 14.8. The Morgan fingerprint density at radius 3 is 2.56 bits per heavy atom. The second-order valence-electron chi connectivity index (χ2n) is 6.98. The number of para-hydroxylation sites is 2. The van der Waals surface area contributed by atoms with Crippen LogP contribution in [-0.4, -0.2) is 35.9 Å². The number of carbonyl (C=O) groups excluding carboxylic acids is 2. The van der Waals surface area contributed by atoms with Gasteiger partial charge in [0.25, 0.3) is 0 Å². The molecule has 1 amide bonds. The maximum atomic E-state index is 12.9. The van der Waals surface area contributed by atoms with E-state index in [-0.39, 0.29) is 23.5 Å². The van der Waals surface area contributed by atoms with Crippen LogP contribution in [0.25, 0.3) is 0 Å². The number of esters is 1. The molecule has 168 valence electrons. The van der Waals surface area contributed by atoms with E-state index in [2.05, 4.69) is 10.6 Å². The Bertz CT molecular complexity index is 1020. The van der Waals surface area contributed by atoms with E-state index in [1.807, 2.05) is 37.3 Å². The number of nitrogens with zero attached hydrogens (tertiary/aromatic N) is 1. The van der Waals surface area contributed by atoms with E-state index in [1.165, 1.54) is 11.8 Å². The third kappa shape index (κ3) is 6.37. The normalized spacial score (nSPS) is 13.5. The van der Waals surface area contributed by atoms with Crippen molar-refractivity contribution in [2.24, 2.45) is 4.99 Å². The smallest absolute Gasteiger partial charge is 0.311 e. The summed E-state index contributed by atoms with van der Waals surface area (Å²) in [5.41, 5.74) is 2.91. The molecule has 1 aliphatic heterocycles. The zero-order chi connectivity index (χ0) is 22.9. The predicted octanol–water partition coefficient (Wildman–Crippen LogP) is 5.14. The van der Waals surface area contributed by atoms with Crippen molar-refractivity contribution in [2.45, 2.75) is 31.9 Å². The Kier molecular flexibility index (Phi) is 8.33. The van der Waals surface area contributed by atoms with E-state index in [9.17, 15) is 9.59 Å². The van der Waals surface area contributed by atoms with Gasteiger partial charge in [-0.25, -0.2) is 4.99 Å². The monoisotopic (exact) mass is 453 g/mol. The molecule has 0 aliphatic carbocycles. The first-order chi connectivity index (χ1) is 15.5. The first-order valence-electron chi connectivity index (χ1n) is 10.4. The standard InChI is InChI=1S/C24H27N3O4S/c1-4-21(24(29)26-16-10-12-18(30-3)13-11-16)32-22-14-17(15-23(28)31-5-2)25-19-8-6-7-9-20(19)27-22/h6-14,21,25H,4-5,15H2,1-3H3,(H,26,29)/t21-/m0/s1. The fraction of sp³-hybridized carbons (Fsp3) is 0.292. The Morgan fingerprint density at radius 1 is 1.12 bits per heavy atom. The molecule has 3 rings (SSSR count). The number of hydrogen-bond donors (Lipinski definition) is 2. The number of aliphatic imine (C=N–C) groups is 1. The number of hydrogen-bond acceptors (Lipinski definition) is 7. The van der Waals surface area contributed by atoms with Crippen LogP contribution < -0.4 is 15.4 Å². The van der Waals surface area contributed by atoms with Crippen LogP contribution >= 0.6 is 11.8 Å². The Balaban J connectivity index is 1.79. The molecule has 0 saturated carbocycles. The fourth-order valence-electron chi connectivity index (χ4n) is 3.07. The lowest BCUT2D eigenvalue weighted by atomic mass is 10.2. The molecule has 1 atom stereocenters. The zero-order valence-corrected chi connectivity index (χ0v) is 19.2. The highest BCUT2D eigenvalue weighted by molar-refractivity contribution is 8.15. The topological polar surface area (TPSA) is 89.0 Å². The van der Waals surface area contributed by atoms with Crippen LogP contribution in [-0.2, 0) is 14.3 Å². The molecule has 0 aromatic heterocycles. The first kappa shape index (κ1) is 23.4. The highest BCUT2D eigenvalue weighted by Gasteiger charge is 2.22. The highest BCUT2D eigenvalue weighted by Crippen LogP contribution is 2.32. The molecule has 1 heterocycles. The quantitative estimate of drug-likeness (QED) is 0.538. The van der Waals surface area contributed by atoms with Crippen LogP contribution in [0.3, 0.4) is 0 Å². The Hall–Kier alpha value is -3.26. The van der Waals surface area contributed by atoms with Gasteiger partial charge < -0.3 is 20.1 Å². The van der Waals surface area contributed by atoms with Gasteiger partial charge in [-0.3, -0.25) is 9.59 Å². The summed E-state index contributed by atoms with van der Waals surface area (Å²) in [6.07, 6.45) is 2.52. The van der Waals surface area contributed by atoms with Gasteiger partial charge in [-0.15, -0.1) is 0 Å². The average molecular weight is 454 g/mol. The summed E-state index contributed by atoms with van der Waals surface area (Å²) in [5, 5.41) is 6.51. The number of anilines is 2. The fourth-order valence-corrected chi connectivity index (χ4v) is 4.06. The number of carbonyl (C=O) groups is 2. The van der Waals surface area contributed by atoms with Gasteiger partial charge in [0.2, 0.25) is 5.91 Å². The van der Waals surface area contributed by atoms with E-state index >= 15 is 0 Å². The number of nitrogens with one attached hydrogen (secondary N) is 2. The van der Waals surface area contributed by atoms with Gasteiger partial charge in [-0.05, 0) is 55.8 Å². The molecule has 0 saturated heterocycles. The van der Waals surface area contributed by atoms with Crippen LogP contribution in [0, 0.1) is 0 Å². The lowest BCUT2D eigenvalue weighted by molar-refractivity contribution is -0.142. The molecule has 8 heteroatoms. The third-order valence-corrected chi connectivity index (χ3v) is 5.93. The van der Waals surface area contributed by atoms with Crippen molar-refractivity contribution in [3.05, 3.63) is 60.3 Å². The van der Waals surface area contributed by atoms with Crippen LogP contribution in [0.15, 0.2) is 65.3 Å². The van der Waals surface area contributed by atoms with E-state index < -0.39 is 0 Å². The molecule has 2 aromatic carbocycles. The second-order valence-corrected chi connectivity index (χ2v) is 8.20. The summed E-state index contributed by atoms with van der Waals surface area (Å²) in [4.78, 5) is 29.7. The lowest BCUT2D eigenvalue weighted by Crippen LogP contribution is -2.25. The van der Waals surface area contributed by atoms with E-state index in [0.717, 1.165) is 17.1 Å². The molecule has 2 N–H and O–H groups in total. The summed E-state index contributed by atoms with van der Waals surface area (Å²) < 4.78 is 10.3. The van der Waals surface area contributed by atoms with Gasteiger partial charge in [0.1, 0.15) is 5.75 Å². The summed E-state index contributed by atoms with van der Waals surface area (Å²) >= 11 is 1.37. The van der Waals surface area contributed by atoms with Crippen molar-refractivity contribution in [1.29, 1.82) is 0 Å². The van der Waals surface area contributed by atoms with Crippen molar-refractivity contribution in [3.63, 3.8) is 0 Å². The van der Waals surface area contributed by atoms with Crippen molar-refractivity contribution < 1.29 is 19.1 Å². The number of ether oxygens (including phenoxy) is 2. The third-order valence-electron chi connectivity index (χ3n) is 4.65. The minimum absolute atomic E-state index is 0.0938.